The van der Waals surface area contributed by atoms with Gasteiger partial charge in [-0.2, -0.15) is 0 Å². The number of halogens is 7. The molecule has 0 spiro atoms. The maximum Gasteiger partial charge on any atom is 0.293 e. The van der Waals surface area contributed by atoms with E-state index in [4.69, 9.17) is 85.9 Å². The second kappa shape index (κ2) is 3.66. The van der Waals surface area contributed by atoms with Gasteiger partial charge in [0.15, 0.2) is 9.21 Å². The molecule has 2 rings (SSSR count). The van der Waals surface area contributed by atoms with E-state index >= 15 is 0 Å². The number of ether oxygens (including phenoxy) is 1. The second-order valence-corrected chi connectivity index (χ2v) is 7.90. The fourth-order valence-corrected chi connectivity index (χ4v) is 3.74. The molecule has 1 unspecified atom stereocenters. The molecular weight excluding hydrogens is 360 g/mol. The van der Waals surface area contributed by atoms with Gasteiger partial charge in [-0.05, 0) is 12.2 Å². The zero-order valence-corrected chi connectivity index (χ0v) is 12.6. The highest BCUT2D eigenvalue weighted by Gasteiger charge is 2.77. The number of hydrogen-bond acceptors (Lipinski definition) is 1. The molecule has 8 heteroatoms. The van der Waals surface area contributed by atoms with Crippen LogP contribution in [-0.4, -0.2) is 18.1 Å². The van der Waals surface area contributed by atoms with Crippen LogP contribution in [0.4, 0.5) is 0 Å². The van der Waals surface area contributed by atoms with Crippen molar-refractivity contribution in [2.45, 2.75) is 18.1 Å². The quantitative estimate of drug-likeness (QED) is 0.555. The van der Waals surface area contributed by atoms with Crippen LogP contribution in [0.2, 0.25) is 0 Å². The molecule has 1 fully saturated rings. The molecule has 1 nitrogen and oxygen atoms in total. The fraction of sp³-hybridized carbons (Fsp3) is 0.500. The van der Waals surface area contributed by atoms with Crippen LogP contribution in [0.5, 0.6) is 0 Å². The number of alkyl halides is 7. The first-order valence-electron chi connectivity index (χ1n) is 3.98. The highest BCUT2D eigenvalue weighted by atomic mass is 35.5. The van der Waals surface area contributed by atoms with Gasteiger partial charge in [0.25, 0.3) is 4.52 Å². The average Bonchev–Trinajstić information content (AvgIpc) is 2.24. The maximum absolute atomic E-state index is 6.30. The van der Waals surface area contributed by atoms with Crippen molar-refractivity contribution in [3.05, 3.63) is 24.0 Å². The molecule has 2 aliphatic rings. The third-order valence-corrected chi connectivity index (χ3v) is 6.57. The fourth-order valence-electron chi connectivity index (χ4n) is 1.52. The first kappa shape index (κ1) is 13.7. The molecule has 0 aromatic carbocycles. The highest BCUT2D eigenvalue weighted by Crippen LogP contribution is 2.68. The molecule has 1 aliphatic carbocycles. The van der Waals surface area contributed by atoms with Crippen molar-refractivity contribution in [1.29, 1.82) is 0 Å². The molecule has 0 radical (unpaired) electrons. The molecule has 0 amide bonds. The standard InChI is InChI=1S/C8H3Cl7O/c9-5(10)3-1-2-4-6(5,11)7(12,13)8(14,15)16-4/h1-3H. The first-order valence-corrected chi connectivity index (χ1v) is 6.62. The summed E-state index contributed by atoms with van der Waals surface area (Å²) in [6.45, 7) is 0. The van der Waals surface area contributed by atoms with Gasteiger partial charge in [0.05, 0.1) is 0 Å². The van der Waals surface area contributed by atoms with Gasteiger partial charge in [-0.3, -0.25) is 0 Å². The molecule has 0 N–H and O–H groups in total. The van der Waals surface area contributed by atoms with Crippen LogP contribution in [0.1, 0.15) is 0 Å². The summed E-state index contributed by atoms with van der Waals surface area (Å²) in [6, 6.07) is 0. The Balaban J connectivity index is 2.66. The van der Waals surface area contributed by atoms with E-state index in [-0.39, 0.29) is 5.76 Å². The van der Waals surface area contributed by atoms with E-state index in [1.807, 2.05) is 0 Å². The van der Waals surface area contributed by atoms with E-state index in [2.05, 4.69) is 0 Å². The summed E-state index contributed by atoms with van der Waals surface area (Å²) in [4.78, 5) is -1.66. The minimum absolute atomic E-state index is 0.122. The van der Waals surface area contributed by atoms with E-state index < -0.39 is 18.1 Å². The van der Waals surface area contributed by atoms with Gasteiger partial charge in [0.1, 0.15) is 5.76 Å². The molecule has 90 valence electrons. The van der Waals surface area contributed by atoms with Gasteiger partial charge in [0.2, 0.25) is 4.33 Å². The van der Waals surface area contributed by atoms with Crippen molar-refractivity contribution in [3.8, 4) is 0 Å². The van der Waals surface area contributed by atoms with E-state index in [0.717, 1.165) is 0 Å². The van der Waals surface area contributed by atoms with Gasteiger partial charge < -0.3 is 4.74 Å². The van der Waals surface area contributed by atoms with Crippen molar-refractivity contribution in [1.82, 2.24) is 0 Å². The Bertz CT molecular complexity index is 397. The molecule has 1 atom stereocenters. The van der Waals surface area contributed by atoms with Crippen LogP contribution in [0.15, 0.2) is 24.0 Å². The van der Waals surface area contributed by atoms with Crippen molar-refractivity contribution >= 4 is 81.2 Å². The number of rotatable bonds is 0. The highest BCUT2D eigenvalue weighted by molar-refractivity contribution is 6.68. The normalized spacial score (nSPS) is 37.6. The molecule has 16 heavy (non-hydrogen) atoms. The summed E-state index contributed by atoms with van der Waals surface area (Å²) < 4.78 is -0.259. The monoisotopic (exact) mass is 360 g/mol. The minimum atomic E-state index is -1.94. The van der Waals surface area contributed by atoms with Gasteiger partial charge >= 0.3 is 0 Å². The average molecular weight is 363 g/mol. The van der Waals surface area contributed by atoms with Gasteiger partial charge in [-0.25, -0.2) is 0 Å². The third kappa shape index (κ3) is 1.46. The summed E-state index contributed by atoms with van der Waals surface area (Å²) in [5, 5.41) is 0. The molecule has 1 heterocycles. The Morgan fingerprint density at radius 1 is 0.938 bits per heavy atom. The zero-order valence-electron chi connectivity index (χ0n) is 7.29. The van der Waals surface area contributed by atoms with E-state index in [1.54, 1.807) is 6.08 Å². The second-order valence-electron chi connectivity index (χ2n) is 3.36. The molecule has 0 aromatic rings. The molecule has 1 saturated heterocycles. The number of hydrogen-bond donors (Lipinski definition) is 0. The van der Waals surface area contributed by atoms with Crippen LogP contribution >= 0.6 is 81.2 Å². The van der Waals surface area contributed by atoms with Crippen LogP contribution in [0, 0.1) is 0 Å². The predicted molar refractivity (Wildman–Crippen MR) is 70.2 cm³/mol. The van der Waals surface area contributed by atoms with Gasteiger partial charge in [-0.1, -0.05) is 75.7 Å². The number of fused-ring (bicyclic) bond motifs is 1. The summed E-state index contributed by atoms with van der Waals surface area (Å²) in [5.41, 5.74) is 0. The van der Waals surface area contributed by atoms with Crippen molar-refractivity contribution in [3.63, 3.8) is 0 Å². The lowest BCUT2D eigenvalue weighted by Gasteiger charge is -2.40. The lowest BCUT2D eigenvalue weighted by molar-refractivity contribution is 0.189. The molecule has 0 aromatic heterocycles. The van der Waals surface area contributed by atoms with E-state index in [1.165, 1.54) is 12.2 Å². The van der Waals surface area contributed by atoms with Crippen LogP contribution in [0.25, 0.3) is 0 Å². The Labute approximate surface area is 127 Å². The van der Waals surface area contributed by atoms with Crippen LogP contribution in [0.3, 0.4) is 0 Å². The lowest BCUT2D eigenvalue weighted by Crippen LogP contribution is -2.55. The van der Waals surface area contributed by atoms with E-state index in [9.17, 15) is 0 Å². The van der Waals surface area contributed by atoms with Crippen molar-refractivity contribution < 1.29 is 4.74 Å². The van der Waals surface area contributed by atoms with Crippen molar-refractivity contribution in [2.75, 3.05) is 0 Å². The maximum atomic E-state index is 6.30. The predicted octanol–water partition coefficient (Wildman–Crippen LogP) is 4.93. The summed E-state index contributed by atoms with van der Waals surface area (Å²) >= 11 is 42.3. The van der Waals surface area contributed by atoms with Crippen LogP contribution < -0.4 is 0 Å². The summed E-state index contributed by atoms with van der Waals surface area (Å²) in [6.07, 6.45) is 4.47. The lowest BCUT2D eigenvalue weighted by atomic mass is 9.94. The first-order chi connectivity index (χ1) is 7.06. The Kier molecular flexibility index (Phi) is 3.14. The van der Waals surface area contributed by atoms with Crippen molar-refractivity contribution in [2.24, 2.45) is 0 Å². The van der Waals surface area contributed by atoms with Gasteiger partial charge in [-0.15, -0.1) is 11.6 Å². The van der Waals surface area contributed by atoms with Crippen LogP contribution in [-0.2, 0) is 4.74 Å². The zero-order chi connectivity index (χ0) is 12.4. The molecule has 0 saturated carbocycles. The topological polar surface area (TPSA) is 9.23 Å². The third-order valence-electron chi connectivity index (χ3n) is 2.39. The summed E-state index contributed by atoms with van der Waals surface area (Å²) in [5.74, 6) is 0.122. The Hall–Kier alpha value is 1.31. The molecule has 0 bridgehead atoms. The Morgan fingerprint density at radius 3 is 2.00 bits per heavy atom. The molecule has 1 aliphatic heterocycles. The number of allylic oxidation sites excluding steroid dienone is 4. The molecular formula is C8H3Cl7O. The minimum Gasteiger partial charge on any atom is -0.457 e. The Morgan fingerprint density at radius 2 is 1.50 bits per heavy atom. The van der Waals surface area contributed by atoms with E-state index in [0.29, 0.717) is 0 Å². The largest absolute Gasteiger partial charge is 0.457 e. The van der Waals surface area contributed by atoms with Gasteiger partial charge in [0, 0.05) is 0 Å². The smallest absolute Gasteiger partial charge is 0.293 e. The SMILES string of the molecule is ClC1(Cl)C=CC=C2OC(Cl)(Cl)C(Cl)(Cl)C21Cl. The summed E-state index contributed by atoms with van der Waals surface area (Å²) in [7, 11) is 0.